The zero-order valence-electron chi connectivity index (χ0n) is 18.2. The number of hydrogen-bond donors (Lipinski definition) is 1. The Balaban J connectivity index is 1.25. The van der Waals surface area contributed by atoms with Crippen LogP contribution in [-0.2, 0) is 11.3 Å². The van der Waals surface area contributed by atoms with E-state index in [2.05, 4.69) is 19.9 Å². The molecule has 2 aromatic carbocycles. The van der Waals surface area contributed by atoms with Crippen LogP contribution < -0.4 is 19.5 Å². The number of alkyl halides is 3. The lowest BCUT2D eigenvalue weighted by molar-refractivity contribution is -0.274. The Kier molecular flexibility index (Phi) is 6.94. The molecule has 0 aromatic heterocycles. The number of hydrogen-bond acceptors (Lipinski definition) is 6. The number of halogens is 3. The molecule has 1 fully saturated rings. The maximum atomic E-state index is 12.8. The van der Waals surface area contributed by atoms with Crippen LogP contribution in [0.5, 0.6) is 17.2 Å². The second-order valence-corrected chi connectivity index (χ2v) is 8.03. The van der Waals surface area contributed by atoms with E-state index >= 15 is 0 Å². The molecule has 2 aromatic rings. The van der Waals surface area contributed by atoms with Crippen molar-refractivity contribution < 1.29 is 32.2 Å². The molecular weight excluding hydrogens is 439 g/mol. The number of amides is 1. The Hall–Kier alpha value is -2.98. The molecule has 0 spiro atoms. The van der Waals surface area contributed by atoms with Crippen LogP contribution in [-0.4, -0.2) is 67.5 Å². The van der Waals surface area contributed by atoms with Gasteiger partial charge in [-0.3, -0.25) is 14.6 Å². The number of carbonyl (C=O) groups is 1. The minimum absolute atomic E-state index is 0.0969. The third kappa shape index (κ3) is 6.29. The number of ether oxygens (including phenoxy) is 3. The first kappa shape index (κ1) is 23.2. The highest BCUT2D eigenvalue weighted by molar-refractivity contribution is 5.94. The van der Waals surface area contributed by atoms with Gasteiger partial charge in [0.15, 0.2) is 11.5 Å². The molecular formula is C23H26F3N3O4. The second-order valence-electron chi connectivity index (χ2n) is 8.03. The molecule has 178 valence electrons. The van der Waals surface area contributed by atoms with Crippen LogP contribution in [0.15, 0.2) is 42.5 Å². The zero-order valence-corrected chi connectivity index (χ0v) is 18.2. The summed E-state index contributed by atoms with van der Waals surface area (Å²) in [6.07, 6.45) is -4.69. The van der Waals surface area contributed by atoms with E-state index in [1.54, 1.807) is 30.3 Å². The Morgan fingerprint density at radius 2 is 1.70 bits per heavy atom. The van der Waals surface area contributed by atoms with E-state index in [4.69, 9.17) is 9.47 Å². The minimum atomic E-state index is -4.69. The quantitative estimate of drug-likeness (QED) is 0.705. The average Bonchev–Trinajstić information content (AvgIpc) is 2.79. The van der Waals surface area contributed by atoms with Crippen LogP contribution in [0.1, 0.15) is 12.5 Å². The number of nitrogens with one attached hydrogen (secondary N) is 1. The van der Waals surface area contributed by atoms with Gasteiger partial charge in [-0.15, -0.1) is 13.2 Å². The van der Waals surface area contributed by atoms with Crippen molar-refractivity contribution in [3.05, 3.63) is 48.0 Å². The van der Waals surface area contributed by atoms with Crippen LogP contribution in [0.25, 0.3) is 0 Å². The zero-order chi connectivity index (χ0) is 23.4. The monoisotopic (exact) mass is 465 g/mol. The summed E-state index contributed by atoms with van der Waals surface area (Å²) < 4.78 is 51.8. The Labute approximate surface area is 190 Å². The fourth-order valence-electron chi connectivity index (χ4n) is 3.90. The molecule has 7 nitrogen and oxygen atoms in total. The van der Waals surface area contributed by atoms with Crippen molar-refractivity contribution in [2.45, 2.75) is 25.9 Å². The van der Waals surface area contributed by atoms with E-state index in [1.165, 1.54) is 12.1 Å². The molecule has 1 amide bonds. The van der Waals surface area contributed by atoms with Gasteiger partial charge in [0.2, 0.25) is 5.91 Å². The molecule has 1 atom stereocenters. The molecule has 1 saturated heterocycles. The molecule has 4 rings (SSSR count). The predicted octanol–water partition coefficient (Wildman–Crippen LogP) is 3.50. The van der Waals surface area contributed by atoms with Gasteiger partial charge in [0.1, 0.15) is 19.0 Å². The Bertz CT molecular complexity index is 960. The molecule has 0 saturated carbocycles. The van der Waals surface area contributed by atoms with Crippen molar-refractivity contribution in [1.29, 1.82) is 0 Å². The first-order chi connectivity index (χ1) is 15.8. The molecule has 2 aliphatic heterocycles. The summed E-state index contributed by atoms with van der Waals surface area (Å²) in [7, 11) is 0. The smallest absolute Gasteiger partial charge is 0.486 e. The van der Waals surface area contributed by atoms with E-state index in [-0.39, 0.29) is 17.7 Å². The number of piperazine rings is 1. The third-order valence-electron chi connectivity index (χ3n) is 5.71. The van der Waals surface area contributed by atoms with Gasteiger partial charge in [-0.05, 0) is 36.8 Å². The van der Waals surface area contributed by atoms with Crippen molar-refractivity contribution >= 4 is 11.6 Å². The summed E-state index contributed by atoms with van der Waals surface area (Å²) in [6.45, 7) is 6.43. The van der Waals surface area contributed by atoms with Crippen molar-refractivity contribution in [1.82, 2.24) is 9.80 Å². The predicted molar refractivity (Wildman–Crippen MR) is 115 cm³/mol. The lowest BCUT2D eigenvalue weighted by atomic mass is 10.1. The van der Waals surface area contributed by atoms with E-state index in [1.807, 2.05) is 6.92 Å². The molecule has 33 heavy (non-hydrogen) atoms. The van der Waals surface area contributed by atoms with Gasteiger partial charge in [0.05, 0.1) is 6.04 Å². The van der Waals surface area contributed by atoms with Crippen LogP contribution in [0, 0.1) is 0 Å². The second kappa shape index (κ2) is 9.88. The fourth-order valence-corrected chi connectivity index (χ4v) is 3.90. The number of carbonyl (C=O) groups excluding carboxylic acids is 1. The lowest BCUT2D eigenvalue weighted by Crippen LogP contribution is -2.52. The van der Waals surface area contributed by atoms with Gasteiger partial charge in [0.25, 0.3) is 0 Å². The van der Waals surface area contributed by atoms with Crippen LogP contribution in [0.2, 0.25) is 0 Å². The third-order valence-corrected chi connectivity index (χ3v) is 5.71. The topological polar surface area (TPSA) is 63.3 Å². The normalized spacial score (nSPS) is 17.9. The van der Waals surface area contributed by atoms with E-state index in [0.717, 1.165) is 18.7 Å². The van der Waals surface area contributed by atoms with Crippen molar-refractivity contribution in [2.75, 3.05) is 44.7 Å². The average molecular weight is 465 g/mol. The van der Waals surface area contributed by atoms with Gasteiger partial charge in [-0.1, -0.05) is 12.1 Å². The fraction of sp³-hybridized carbons (Fsp3) is 0.435. The molecule has 1 N–H and O–H groups in total. The summed E-state index contributed by atoms with van der Waals surface area (Å²) in [4.78, 5) is 17.1. The van der Waals surface area contributed by atoms with Gasteiger partial charge in [-0.2, -0.15) is 0 Å². The number of anilines is 1. The number of benzene rings is 2. The van der Waals surface area contributed by atoms with Crippen LogP contribution in [0.3, 0.4) is 0 Å². The molecule has 0 radical (unpaired) electrons. The van der Waals surface area contributed by atoms with Gasteiger partial charge in [-0.25, -0.2) is 0 Å². The summed E-state index contributed by atoms with van der Waals surface area (Å²) in [5.74, 6) is 0.971. The lowest BCUT2D eigenvalue weighted by Gasteiger charge is -2.37. The number of nitrogens with zero attached hydrogens (tertiary/aromatic N) is 2. The molecule has 0 aliphatic carbocycles. The van der Waals surface area contributed by atoms with Crippen molar-refractivity contribution in [2.24, 2.45) is 0 Å². The van der Waals surface area contributed by atoms with E-state index in [0.29, 0.717) is 50.0 Å². The number of fused-ring (bicyclic) bond motifs is 1. The number of rotatable bonds is 6. The van der Waals surface area contributed by atoms with Crippen LogP contribution in [0.4, 0.5) is 18.9 Å². The Morgan fingerprint density at radius 1 is 1.03 bits per heavy atom. The maximum Gasteiger partial charge on any atom is 0.573 e. The van der Waals surface area contributed by atoms with Gasteiger partial charge >= 0.3 is 6.36 Å². The highest BCUT2D eigenvalue weighted by atomic mass is 19.4. The molecule has 10 heteroatoms. The highest BCUT2D eigenvalue weighted by Crippen LogP contribution is 2.32. The standard InChI is InChI=1S/C23H26F3N3O4/c1-16(22(30)27-18-4-7-20-21(14-18)32-13-12-31-20)29-10-8-28(9-11-29)15-17-2-5-19(6-3-17)33-23(24,25)26/h2-7,14,16H,8-13,15H2,1H3,(H,27,30). The van der Waals surface area contributed by atoms with Crippen molar-refractivity contribution in [3.63, 3.8) is 0 Å². The van der Waals surface area contributed by atoms with E-state index < -0.39 is 6.36 Å². The SMILES string of the molecule is CC(C(=O)Nc1ccc2c(c1)OCCO2)N1CCN(Cc2ccc(OC(F)(F)F)cc2)CC1. The highest BCUT2D eigenvalue weighted by Gasteiger charge is 2.31. The van der Waals surface area contributed by atoms with Gasteiger partial charge in [0, 0.05) is 44.5 Å². The first-order valence-corrected chi connectivity index (χ1v) is 10.8. The van der Waals surface area contributed by atoms with Gasteiger partial charge < -0.3 is 19.5 Å². The van der Waals surface area contributed by atoms with Crippen molar-refractivity contribution in [3.8, 4) is 17.2 Å². The molecule has 2 aliphatic rings. The summed E-state index contributed by atoms with van der Waals surface area (Å²) in [5, 5.41) is 2.94. The summed E-state index contributed by atoms with van der Waals surface area (Å²) in [5.41, 5.74) is 1.56. The minimum Gasteiger partial charge on any atom is -0.486 e. The molecule has 0 bridgehead atoms. The first-order valence-electron chi connectivity index (χ1n) is 10.8. The largest absolute Gasteiger partial charge is 0.573 e. The molecule has 2 heterocycles. The van der Waals surface area contributed by atoms with Crippen LogP contribution >= 0.6 is 0 Å². The summed E-state index contributed by atoms with van der Waals surface area (Å²) >= 11 is 0. The van der Waals surface area contributed by atoms with E-state index in [9.17, 15) is 18.0 Å². The molecule has 1 unspecified atom stereocenters. The maximum absolute atomic E-state index is 12.8. The summed E-state index contributed by atoms with van der Waals surface area (Å²) in [6, 6.07) is 11.0. The Morgan fingerprint density at radius 3 is 2.36 bits per heavy atom.